The molecule has 0 heterocycles. The first kappa shape index (κ1) is 15.5. The predicted octanol–water partition coefficient (Wildman–Crippen LogP) is 1.51. The van der Waals surface area contributed by atoms with E-state index in [2.05, 4.69) is 0 Å². The number of hydrogen-bond donors (Lipinski definition) is 2. The number of rotatable bonds is 7. The summed E-state index contributed by atoms with van der Waals surface area (Å²) in [6, 6.07) is 6.01. The summed E-state index contributed by atoms with van der Waals surface area (Å²) in [6.45, 7) is 2.07. The molecule has 104 valence electrons. The molecule has 1 aromatic rings. The summed E-state index contributed by atoms with van der Waals surface area (Å²) in [7, 11) is 0. The molecule has 1 rings (SSSR count). The van der Waals surface area contributed by atoms with E-state index in [1.807, 2.05) is 0 Å². The molecular formula is C13H17NO4S. The van der Waals surface area contributed by atoms with E-state index >= 15 is 0 Å². The van der Waals surface area contributed by atoms with Crippen LogP contribution in [0.15, 0.2) is 24.3 Å². The number of benzene rings is 1. The molecule has 0 saturated carbocycles. The van der Waals surface area contributed by atoms with Crippen molar-refractivity contribution in [3.8, 4) is 0 Å². The minimum atomic E-state index is -0.941. The Morgan fingerprint density at radius 2 is 2.00 bits per heavy atom. The predicted molar refractivity (Wildman–Crippen MR) is 74.2 cm³/mol. The molecule has 1 aromatic carbocycles. The fraction of sp³-hybridized carbons (Fsp3) is 0.385. The quantitative estimate of drug-likeness (QED) is 0.737. The average Bonchev–Trinajstić information content (AvgIpc) is 2.39. The smallest absolute Gasteiger partial charge is 0.335 e. The third-order valence-corrected chi connectivity index (χ3v) is 3.49. The molecular weight excluding hydrogens is 266 g/mol. The molecule has 0 aliphatic heterocycles. The SMILES string of the molecule is CCOC(=O)C(N)CSCc1ccc(C(=O)O)cc1. The van der Waals surface area contributed by atoms with Gasteiger partial charge in [-0.15, -0.1) is 0 Å². The van der Waals surface area contributed by atoms with Gasteiger partial charge in [0.1, 0.15) is 6.04 Å². The minimum Gasteiger partial charge on any atom is -0.478 e. The van der Waals surface area contributed by atoms with Gasteiger partial charge in [-0.1, -0.05) is 12.1 Å². The summed E-state index contributed by atoms with van der Waals surface area (Å²) in [5.74, 6) is -0.188. The molecule has 0 bridgehead atoms. The first-order valence-corrected chi connectivity index (χ1v) is 7.02. The van der Waals surface area contributed by atoms with E-state index in [-0.39, 0.29) is 5.56 Å². The first-order chi connectivity index (χ1) is 9.04. The number of carboxylic acids is 1. The van der Waals surface area contributed by atoms with Gasteiger partial charge in [0, 0.05) is 11.5 Å². The van der Waals surface area contributed by atoms with Gasteiger partial charge in [0.25, 0.3) is 0 Å². The number of esters is 1. The van der Waals surface area contributed by atoms with Gasteiger partial charge in [0.05, 0.1) is 12.2 Å². The number of aromatic carboxylic acids is 1. The Kier molecular flexibility index (Phi) is 6.38. The van der Waals surface area contributed by atoms with E-state index < -0.39 is 18.0 Å². The number of carbonyl (C=O) groups is 2. The van der Waals surface area contributed by atoms with Gasteiger partial charge in [0.15, 0.2) is 0 Å². The molecule has 0 saturated heterocycles. The summed E-state index contributed by atoms with van der Waals surface area (Å²) in [6.07, 6.45) is 0. The molecule has 0 aromatic heterocycles. The van der Waals surface area contributed by atoms with E-state index in [0.717, 1.165) is 5.56 Å². The van der Waals surface area contributed by atoms with Crippen LogP contribution in [0.2, 0.25) is 0 Å². The van der Waals surface area contributed by atoms with Gasteiger partial charge in [-0.05, 0) is 24.6 Å². The molecule has 19 heavy (non-hydrogen) atoms. The average molecular weight is 283 g/mol. The highest BCUT2D eigenvalue weighted by Gasteiger charge is 2.14. The number of hydrogen-bond acceptors (Lipinski definition) is 5. The molecule has 0 fully saturated rings. The van der Waals surface area contributed by atoms with Crippen molar-refractivity contribution in [1.82, 2.24) is 0 Å². The molecule has 3 N–H and O–H groups in total. The summed E-state index contributed by atoms with van der Waals surface area (Å²) < 4.78 is 4.81. The second kappa shape index (κ2) is 7.81. The number of carboxylic acid groups (broad SMARTS) is 1. The Morgan fingerprint density at radius 1 is 1.37 bits per heavy atom. The van der Waals surface area contributed by atoms with Crippen molar-refractivity contribution in [2.45, 2.75) is 18.7 Å². The van der Waals surface area contributed by atoms with Crippen LogP contribution in [-0.4, -0.2) is 35.4 Å². The van der Waals surface area contributed by atoms with Crippen LogP contribution >= 0.6 is 11.8 Å². The van der Waals surface area contributed by atoms with Gasteiger partial charge in [-0.2, -0.15) is 11.8 Å². The lowest BCUT2D eigenvalue weighted by Gasteiger charge is -2.10. The molecule has 6 heteroatoms. The van der Waals surface area contributed by atoms with Gasteiger partial charge in [0.2, 0.25) is 0 Å². The zero-order chi connectivity index (χ0) is 14.3. The van der Waals surface area contributed by atoms with Crippen molar-refractivity contribution in [2.75, 3.05) is 12.4 Å². The highest BCUT2D eigenvalue weighted by Crippen LogP contribution is 2.14. The Bertz CT molecular complexity index is 433. The summed E-state index contributed by atoms with van der Waals surface area (Å²) >= 11 is 1.51. The van der Waals surface area contributed by atoms with Crippen LogP contribution in [0.4, 0.5) is 0 Å². The summed E-state index contributed by atoms with van der Waals surface area (Å²) in [5.41, 5.74) is 6.91. The normalized spacial score (nSPS) is 11.9. The first-order valence-electron chi connectivity index (χ1n) is 5.86. The standard InChI is InChI=1S/C13H17NO4S/c1-2-18-13(17)11(14)8-19-7-9-3-5-10(6-4-9)12(15)16/h3-6,11H,2,7-8,14H2,1H3,(H,15,16). The highest BCUT2D eigenvalue weighted by atomic mass is 32.2. The Hall–Kier alpha value is -1.53. The zero-order valence-corrected chi connectivity index (χ0v) is 11.5. The second-order valence-electron chi connectivity index (χ2n) is 3.88. The van der Waals surface area contributed by atoms with Crippen molar-refractivity contribution in [2.24, 2.45) is 5.73 Å². The molecule has 1 atom stereocenters. The summed E-state index contributed by atoms with van der Waals surface area (Å²) in [4.78, 5) is 22.0. The molecule has 0 amide bonds. The van der Waals surface area contributed by atoms with E-state index in [1.165, 1.54) is 11.8 Å². The minimum absolute atomic E-state index is 0.261. The van der Waals surface area contributed by atoms with Crippen molar-refractivity contribution in [1.29, 1.82) is 0 Å². The lowest BCUT2D eigenvalue weighted by Crippen LogP contribution is -2.34. The van der Waals surface area contributed by atoms with Crippen LogP contribution in [0, 0.1) is 0 Å². The van der Waals surface area contributed by atoms with Crippen molar-refractivity contribution in [3.63, 3.8) is 0 Å². The molecule has 0 radical (unpaired) electrons. The summed E-state index contributed by atoms with van der Waals surface area (Å²) in [5, 5.41) is 8.76. The van der Waals surface area contributed by atoms with Gasteiger partial charge in [-0.25, -0.2) is 4.79 Å². The third-order valence-electron chi connectivity index (χ3n) is 2.36. The topological polar surface area (TPSA) is 89.6 Å². The number of carbonyl (C=O) groups excluding carboxylic acids is 1. The van der Waals surface area contributed by atoms with E-state index in [4.69, 9.17) is 15.6 Å². The van der Waals surface area contributed by atoms with Gasteiger partial charge in [-0.3, -0.25) is 4.79 Å². The second-order valence-corrected chi connectivity index (χ2v) is 4.91. The monoisotopic (exact) mass is 283 g/mol. The van der Waals surface area contributed by atoms with E-state index in [9.17, 15) is 9.59 Å². The maximum Gasteiger partial charge on any atom is 0.335 e. The van der Waals surface area contributed by atoms with Crippen LogP contribution in [0.25, 0.3) is 0 Å². The molecule has 0 aliphatic rings. The number of ether oxygens (including phenoxy) is 1. The van der Waals surface area contributed by atoms with Crippen molar-refractivity contribution < 1.29 is 19.4 Å². The molecule has 5 nitrogen and oxygen atoms in total. The Labute approximate surface area is 116 Å². The molecule has 0 aliphatic carbocycles. The van der Waals surface area contributed by atoms with Crippen LogP contribution in [0.5, 0.6) is 0 Å². The van der Waals surface area contributed by atoms with Crippen LogP contribution in [0.1, 0.15) is 22.8 Å². The third kappa shape index (κ3) is 5.32. The number of nitrogens with two attached hydrogens (primary N) is 1. The largest absolute Gasteiger partial charge is 0.478 e. The van der Waals surface area contributed by atoms with Crippen LogP contribution < -0.4 is 5.73 Å². The zero-order valence-electron chi connectivity index (χ0n) is 10.7. The maximum atomic E-state index is 11.3. The lowest BCUT2D eigenvalue weighted by molar-refractivity contribution is -0.144. The Morgan fingerprint density at radius 3 is 2.53 bits per heavy atom. The Balaban J connectivity index is 2.36. The van der Waals surface area contributed by atoms with E-state index in [0.29, 0.717) is 18.1 Å². The molecule has 0 spiro atoms. The number of thioether (sulfide) groups is 1. The van der Waals surface area contributed by atoms with Gasteiger partial charge < -0.3 is 15.6 Å². The fourth-order valence-corrected chi connectivity index (χ4v) is 2.30. The van der Waals surface area contributed by atoms with Crippen molar-refractivity contribution >= 4 is 23.7 Å². The fourth-order valence-electron chi connectivity index (χ4n) is 1.36. The van der Waals surface area contributed by atoms with Crippen LogP contribution in [0.3, 0.4) is 0 Å². The maximum absolute atomic E-state index is 11.3. The lowest BCUT2D eigenvalue weighted by atomic mass is 10.1. The molecule has 1 unspecified atom stereocenters. The van der Waals surface area contributed by atoms with Gasteiger partial charge >= 0.3 is 11.9 Å². The van der Waals surface area contributed by atoms with E-state index in [1.54, 1.807) is 31.2 Å². The van der Waals surface area contributed by atoms with Crippen LogP contribution in [-0.2, 0) is 15.3 Å². The van der Waals surface area contributed by atoms with Crippen molar-refractivity contribution in [3.05, 3.63) is 35.4 Å². The highest BCUT2D eigenvalue weighted by molar-refractivity contribution is 7.98.